The van der Waals surface area contributed by atoms with Crippen LogP contribution in [0.4, 0.5) is 0 Å². The molecule has 7 nitrogen and oxygen atoms in total. The molecule has 0 atom stereocenters. The molecule has 1 N–H and O–H groups in total. The molecule has 0 aromatic carbocycles. The van der Waals surface area contributed by atoms with Gasteiger partial charge in [-0.2, -0.15) is 5.10 Å². The molecule has 2 aromatic rings. The predicted octanol–water partition coefficient (Wildman–Crippen LogP) is 2.43. The van der Waals surface area contributed by atoms with Gasteiger partial charge in [0.15, 0.2) is 5.96 Å². The van der Waals surface area contributed by atoms with Crippen LogP contribution in [0.25, 0.3) is 0 Å². The highest BCUT2D eigenvalue weighted by atomic mass is 127. The number of hydrogen-bond donors (Lipinski definition) is 1. The van der Waals surface area contributed by atoms with Crippen LogP contribution in [0.3, 0.4) is 0 Å². The smallest absolute Gasteiger partial charge is 0.194 e. The van der Waals surface area contributed by atoms with E-state index in [2.05, 4.69) is 38.2 Å². The maximum absolute atomic E-state index is 6.02. The zero-order valence-corrected chi connectivity index (χ0v) is 19.0. The number of aryl methyl sites for hydroxylation is 1. The summed E-state index contributed by atoms with van der Waals surface area (Å²) in [6, 6.07) is 4.09. The summed E-state index contributed by atoms with van der Waals surface area (Å²) in [5, 5.41) is 7.48. The Morgan fingerprint density at radius 2 is 2.08 bits per heavy atom. The number of hydrogen-bond acceptors (Lipinski definition) is 5. The van der Waals surface area contributed by atoms with E-state index < -0.39 is 0 Å². The van der Waals surface area contributed by atoms with Crippen LogP contribution in [0, 0.1) is 0 Å². The summed E-state index contributed by atoms with van der Waals surface area (Å²) < 4.78 is 2.62. The Morgan fingerprint density at radius 3 is 2.65 bits per heavy atom. The molecule has 1 aliphatic rings. The van der Waals surface area contributed by atoms with Crippen LogP contribution in [0.15, 0.2) is 23.5 Å². The van der Waals surface area contributed by atoms with Crippen LogP contribution in [0.2, 0.25) is 4.34 Å². The van der Waals surface area contributed by atoms with Crippen molar-refractivity contribution >= 4 is 52.9 Å². The predicted molar refractivity (Wildman–Crippen MR) is 117 cm³/mol. The second-order valence-electron chi connectivity index (χ2n) is 5.94. The first-order valence-electron chi connectivity index (χ1n) is 8.48. The van der Waals surface area contributed by atoms with Gasteiger partial charge < -0.3 is 10.2 Å². The molecule has 1 aliphatic heterocycles. The van der Waals surface area contributed by atoms with Crippen molar-refractivity contribution in [2.75, 3.05) is 32.7 Å². The quantitative estimate of drug-likeness (QED) is 0.381. The van der Waals surface area contributed by atoms with E-state index >= 15 is 0 Å². The van der Waals surface area contributed by atoms with Crippen molar-refractivity contribution in [2.45, 2.75) is 20.0 Å². The fourth-order valence-corrected chi connectivity index (χ4v) is 3.94. The van der Waals surface area contributed by atoms with Gasteiger partial charge >= 0.3 is 0 Å². The number of aromatic nitrogens is 3. The van der Waals surface area contributed by atoms with Gasteiger partial charge in [0.1, 0.15) is 18.7 Å². The minimum absolute atomic E-state index is 0. The Balaban J connectivity index is 0.00000243. The molecular formula is C16H25ClIN7S. The van der Waals surface area contributed by atoms with Crippen molar-refractivity contribution in [1.29, 1.82) is 0 Å². The molecule has 0 saturated carbocycles. The lowest BCUT2D eigenvalue weighted by Gasteiger charge is -2.36. The van der Waals surface area contributed by atoms with Crippen LogP contribution in [-0.4, -0.2) is 63.2 Å². The normalized spacial score (nSPS) is 15.8. The van der Waals surface area contributed by atoms with Crippen molar-refractivity contribution in [3.05, 3.63) is 33.5 Å². The average Bonchev–Trinajstić information content (AvgIpc) is 3.20. The molecule has 0 bridgehead atoms. The molecular weight excluding hydrogens is 485 g/mol. The Hall–Kier alpha value is -0.910. The van der Waals surface area contributed by atoms with E-state index in [0.29, 0.717) is 6.54 Å². The van der Waals surface area contributed by atoms with Crippen LogP contribution in [0.1, 0.15) is 17.6 Å². The number of nitrogens with zero attached hydrogens (tertiary/aromatic N) is 6. The molecule has 1 fully saturated rings. The first-order valence-corrected chi connectivity index (χ1v) is 9.68. The Labute approximate surface area is 180 Å². The van der Waals surface area contributed by atoms with Crippen LogP contribution >= 0.6 is 46.9 Å². The van der Waals surface area contributed by atoms with Gasteiger partial charge in [-0.1, -0.05) is 11.6 Å². The molecule has 2 aromatic heterocycles. The molecule has 1 saturated heterocycles. The highest BCUT2D eigenvalue weighted by molar-refractivity contribution is 14.0. The van der Waals surface area contributed by atoms with Crippen molar-refractivity contribution in [1.82, 2.24) is 29.9 Å². The van der Waals surface area contributed by atoms with Crippen LogP contribution in [0.5, 0.6) is 0 Å². The van der Waals surface area contributed by atoms with E-state index in [1.807, 2.05) is 13.1 Å². The second kappa shape index (κ2) is 10.4. The third kappa shape index (κ3) is 5.80. The SMILES string of the molecule is CCNC(=NCc1ncnn1C)N1CCN(Cc2ccc(Cl)s2)CC1.I. The highest BCUT2D eigenvalue weighted by Gasteiger charge is 2.20. The molecule has 3 rings (SSSR count). The fourth-order valence-electron chi connectivity index (χ4n) is 2.81. The van der Waals surface area contributed by atoms with Gasteiger partial charge in [-0.05, 0) is 19.1 Å². The van der Waals surface area contributed by atoms with E-state index in [0.717, 1.165) is 55.4 Å². The van der Waals surface area contributed by atoms with Gasteiger partial charge in [-0.15, -0.1) is 35.3 Å². The van der Waals surface area contributed by atoms with E-state index in [1.165, 1.54) is 4.88 Å². The van der Waals surface area contributed by atoms with Gasteiger partial charge in [-0.3, -0.25) is 9.58 Å². The fraction of sp³-hybridized carbons (Fsp3) is 0.562. The number of thiophene rings is 1. The van der Waals surface area contributed by atoms with Gasteiger partial charge in [0.2, 0.25) is 0 Å². The lowest BCUT2D eigenvalue weighted by Crippen LogP contribution is -2.52. The van der Waals surface area contributed by atoms with Gasteiger partial charge in [0, 0.05) is 51.2 Å². The molecule has 26 heavy (non-hydrogen) atoms. The molecule has 0 radical (unpaired) electrons. The maximum Gasteiger partial charge on any atom is 0.194 e. The van der Waals surface area contributed by atoms with Gasteiger partial charge in [0.05, 0.1) is 4.34 Å². The Morgan fingerprint density at radius 1 is 1.31 bits per heavy atom. The van der Waals surface area contributed by atoms with E-state index in [1.54, 1.807) is 22.3 Å². The zero-order valence-electron chi connectivity index (χ0n) is 15.1. The van der Waals surface area contributed by atoms with Crippen LogP contribution < -0.4 is 5.32 Å². The largest absolute Gasteiger partial charge is 0.357 e. The number of nitrogens with one attached hydrogen (secondary N) is 1. The number of rotatable bonds is 5. The van der Waals surface area contributed by atoms with Gasteiger partial charge in [0.25, 0.3) is 0 Å². The first kappa shape index (κ1) is 21.4. The Kier molecular flexibility index (Phi) is 8.58. The average molecular weight is 510 g/mol. The lowest BCUT2D eigenvalue weighted by atomic mass is 10.3. The molecule has 0 amide bonds. The van der Waals surface area contributed by atoms with Crippen molar-refractivity contribution in [3.8, 4) is 0 Å². The molecule has 0 spiro atoms. The maximum atomic E-state index is 6.02. The minimum atomic E-state index is 0. The van der Waals surface area contributed by atoms with Gasteiger partial charge in [-0.25, -0.2) is 9.98 Å². The van der Waals surface area contributed by atoms with E-state index in [-0.39, 0.29) is 24.0 Å². The summed E-state index contributed by atoms with van der Waals surface area (Å²) in [5.74, 6) is 1.81. The minimum Gasteiger partial charge on any atom is -0.357 e. The molecule has 10 heteroatoms. The van der Waals surface area contributed by atoms with Crippen molar-refractivity contribution in [2.24, 2.45) is 12.0 Å². The van der Waals surface area contributed by atoms with E-state index in [4.69, 9.17) is 16.6 Å². The standard InChI is InChI=1S/C16H24ClN7S.HI/c1-3-18-16(19-10-15-20-12-21-22(15)2)24-8-6-23(7-9-24)11-13-4-5-14(17)25-13;/h4-5,12H,3,6-11H2,1-2H3,(H,18,19);1H. The Bertz CT molecular complexity index is 709. The summed E-state index contributed by atoms with van der Waals surface area (Å²) in [7, 11) is 1.89. The third-order valence-electron chi connectivity index (χ3n) is 4.19. The summed E-state index contributed by atoms with van der Waals surface area (Å²) in [5.41, 5.74) is 0. The summed E-state index contributed by atoms with van der Waals surface area (Å²) in [4.78, 5) is 15.1. The molecule has 0 unspecified atom stereocenters. The topological polar surface area (TPSA) is 61.6 Å². The monoisotopic (exact) mass is 509 g/mol. The highest BCUT2D eigenvalue weighted by Crippen LogP contribution is 2.23. The number of aliphatic imine (C=N–C) groups is 1. The van der Waals surface area contributed by atoms with Crippen molar-refractivity contribution < 1.29 is 0 Å². The summed E-state index contributed by atoms with van der Waals surface area (Å²) in [6.45, 7) is 8.41. The lowest BCUT2D eigenvalue weighted by molar-refractivity contribution is 0.173. The number of halogens is 2. The first-order chi connectivity index (χ1) is 12.2. The summed E-state index contributed by atoms with van der Waals surface area (Å²) in [6.07, 6.45) is 1.56. The summed E-state index contributed by atoms with van der Waals surface area (Å²) >= 11 is 7.69. The van der Waals surface area contributed by atoms with Crippen LogP contribution in [-0.2, 0) is 20.1 Å². The third-order valence-corrected chi connectivity index (χ3v) is 5.41. The number of guanidine groups is 1. The second-order valence-corrected chi connectivity index (χ2v) is 7.74. The molecule has 3 heterocycles. The molecule has 144 valence electrons. The number of piperazine rings is 1. The van der Waals surface area contributed by atoms with E-state index in [9.17, 15) is 0 Å². The zero-order chi connectivity index (χ0) is 17.6. The molecule has 0 aliphatic carbocycles. The van der Waals surface area contributed by atoms with Crippen molar-refractivity contribution in [3.63, 3.8) is 0 Å².